The number of allylic oxidation sites excluding steroid dienone is 3. The Hall–Kier alpha value is -1.81. The van der Waals surface area contributed by atoms with Crippen molar-refractivity contribution >= 4 is 0 Å². The van der Waals surface area contributed by atoms with Crippen molar-refractivity contribution in [1.29, 1.82) is 5.26 Å². The van der Waals surface area contributed by atoms with Crippen molar-refractivity contribution in [3.8, 4) is 6.07 Å². The Morgan fingerprint density at radius 1 is 0.966 bits per heavy atom. The lowest BCUT2D eigenvalue weighted by Gasteiger charge is -2.36. The Morgan fingerprint density at radius 3 is 2.17 bits per heavy atom. The summed E-state index contributed by atoms with van der Waals surface area (Å²) in [6.07, 6.45) is 19.2. The summed E-state index contributed by atoms with van der Waals surface area (Å²) in [5.74, 6) is 2.80. The Bertz CT molecular complexity index is 689. The second kappa shape index (κ2) is 11.4. The molecule has 2 saturated carbocycles. The Balaban J connectivity index is 1.44. The fourth-order valence-corrected chi connectivity index (χ4v) is 5.53. The van der Waals surface area contributed by atoms with Crippen LogP contribution in [-0.4, -0.2) is 0 Å². The number of unbranched alkanes of at least 4 members (excludes halogenated alkanes) is 2. The van der Waals surface area contributed by atoms with E-state index in [1.54, 1.807) is 11.6 Å². The van der Waals surface area contributed by atoms with E-state index in [1.807, 2.05) is 0 Å². The van der Waals surface area contributed by atoms with E-state index in [0.29, 0.717) is 11.8 Å². The molecule has 0 atom stereocenters. The van der Waals surface area contributed by atoms with Gasteiger partial charge < -0.3 is 0 Å². The van der Waals surface area contributed by atoms with Gasteiger partial charge in [-0.2, -0.15) is 5.26 Å². The van der Waals surface area contributed by atoms with Crippen LogP contribution in [0.1, 0.15) is 94.6 Å². The zero-order valence-corrected chi connectivity index (χ0v) is 18.4. The molecule has 1 aromatic rings. The second-order valence-electron chi connectivity index (χ2n) is 9.42. The molecule has 2 fully saturated rings. The quantitative estimate of drug-likeness (QED) is 0.250. The molecule has 0 amide bonds. The van der Waals surface area contributed by atoms with E-state index in [1.165, 1.54) is 88.2 Å². The summed E-state index contributed by atoms with van der Waals surface area (Å²) >= 11 is 0. The summed E-state index contributed by atoms with van der Waals surface area (Å²) in [7, 11) is 0. The fraction of sp³-hybridized carbons (Fsp3) is 0.607. The minimum absolute atomic E-state index is 0.611. The molecule has 0 aliphatic heterocycles. The predicted molar refractivity (Wildman–Crippen MR) is 124 cm³/mol. The first kappa shape index (κ1) is 21.9. The molecule has 0 N–H and O–H groups in total. The maximum atomic E-state index is 8.72. The lowest BCUT2D eigenvalue weighted by atomic mass is 9.70. The van der Waals surface area contributed by atoms with E-state index in [4.69, 9.17) is 5.26 Å². The van der Waals surface area contributed by atoms with Gasteiger partial charge in [0.2, 0.25) is 0 Å². The molecule has 0 bridgehead atoms. The third-order valence-corrected chi connectivity index (χ3v) is 7.51. The van der Waals surface area contributed by atoms with Gasteiger partial charge in [-0.1, -0.05) is 62.3 Å². The number of benzene rings is 1. The van der Waals surface area contributed by atoms with Gasteiger partial charge in [-0.05, 0) is 99.0 Å². The van der Waals surface area contributed by atoms with Gasteiger partial charge in [0, 0.05) is 6.08 Å². The van der Waals surface area contributed by atoms with E-state index in [0.717, 1.165) is 11.8 Å². The topological polar surface area (TPSA) is 23.8 Å². The number of hydrogen-bond acceptors (Lipinski definition) is 1. The second-order valence-corrected chi connectivity index (χ2v) is 9.42. The molecule has 0 saturated heterocycles. The van der Waals surface area contributed by atoms with Crippen molar-refractivity contribution in [1.82, 2.24) is 0 Å². The zero-order valence-electron chi connectivity index (χ0n) is 18.4. The Morgan fingerprint density at radius 2 is 1.59 bits per heavy atom. The van der Waals surface area contributed by atoms with Crippen LogP contribution in [0.15, 0.2) is 48.6 Å². The molecule has 0 aromatic heterocycles. The molecule has 156 valence electrons. The van der Waals surface area contributed by atoms with E-state index < -0.39 is 0 Å². The third-order valence-electron chi connectivity index (χ3n) is 7.51. The first-order valence-corrected chi connectivity index (χ1v) is 12.0. The first-order valence-electron chi connectivity index (χ1n) is 12.0. The molecule has 1 nitrogen and oxygen atoms in total. The lowest BCUT2D eigenvalue weighted by molar-refractivity contribution is 0.290. The van der Waals surface area contributed by atoms with Crippen LogP contribution in [0.4, 0.5) is 0 Å². The maximum absolute atomic E-state index is 8.72. The van der Waals surface area contributed by atoms with Crippen molar-refractivity contribution in [3.63, 3.8) is 0 Å². The van der Waals surface area contributed by atoms with Crippen LogP contribution in [0.5, 0.6) is 0 Å². The maximum Gasteiger partial charge on any atom is 0.0908 e. The molecule has 2 aliphatic carbocycles. The summed E-state index contributed by atoms with van der Waals surface area (Å²) in [4.78, 5) is 0. The van der Waals surface area contributed by atoms with Crippen LogP contribution in [0.2, 0.25) is 0 Å². The SMILES string of the molecule is C=C(C1CCC(/C=C/C#N)CC1)C1CCC(c2ccc(CCCCC)cc2)CC1. The van der Waals surface area contributed by atoms with Gasteiger partial charge in [0.25, 0.3) is 0 Å². The van der Waals surface area contributed by atoms with Gasteiger partial charge >= 0.3 is 0 Å². The van der Waals surface area contributed by atoms with Crippen LogP contribution in [0.3, 0.4) is 0 Å². The van der Waals surface area contributed by atoms with Crippen LogP contribution < -0.4 is 0 Å². The summed E-state index contributed by atoms with van der Waals surface area (Å²) < 4.78 is 0. The average molecular weight is 390 g/mol. The van der Waals surface area contributed by atoms with E-state index in [-0.39, 0.29) is 0 Å². The third kappa shape index (κ3) is 6.33. The molecule has 2 aliphatic rings. The average Bonchev–Trinajstić information content (AvgIpc) is 2.78. The van der Waals surface area contributed by atoms with Crippen molar-refractivity contribution in [2.45, 2.75) is 89.9 Å². The number of hydrogen-bond donors (Lipinski definition) is 0. The zero-order chi connectivity index (χ0) is 20.5. The summed E-state index contributed by atoms with van der Waals surface area (Å²) in [6.45, 7) is 6.84. The predicted octanol–water partition coefficient (Wildman–Crippen LogP) is 8.14. The Labute approximate surface area is 178 Å². The van der Waals surface area contributed by atoms with Crippen LogP contribution in [-0.2, 0) is 6.42 Å². The van der Waals surface area contributed by atoms with Crippen molar-refractivity contribution in [2.24, 2.45) is 17.8 Å². The minimum Gasteiger partial charge on any atom is -0.193 e. The monoisotopic (exact) mass is 389 g/mol. The largest absolute Gasteiger partial charge is 0.193 e. The molecule has 1 heteroatoms. The highest BCUT2D eigenvalue weighted by molar-refractivity contribution is 5.26. The molecular formula is C28H39N. The first-order chi connectivity index (χ1) is 14.2. The van der Waals surface area contributed by atoms with Crippen molar-refractivity contribution in [3.05, 3.63) is 59.7 Å². The molecule has 3 rings (SSSR count). The molecule has 29 heavy (non-hydrogen) atoms. The van der Waals surface area contributed by atoms with Crippen molar-refractivity contribution in [2.75, 3.05) is 0 Å². The van der Waals surface area contributed by atoms with Crippen LogP contribution in [0, 0.1) is 29.1 Å². The minimum atomic E-state index is 0.611. The van der Waals surface area contributed by atoms with Gasteiger partial charge in [0.1, 0.15) is 0 Å². The summed E-state index contributed by atoms with van der Waals surface area (Å²) in [5, 5.41) is 8.72. The Kier molecular flexibility index (Phi) is 8.60. The van der Waals surface area contributed by atoms with Gasteiger partial charge in [-0.25, -0.2) is 0 Å². The highest BCUT2D eigenvalue weighted by atomic mass is 14.3. The van der Waals surface area contributed by atoms with Gasteiger partial charge in [0.15, 0.2) is 0 Å². The molecule has 0 spiro atoms. The molecule has 1 aromatic carbocycles. The lowest BCUT2D eigenvalue weighted by Crippen LogP contribution is -2.22. The smallest absolute Gasteiger partial charge is 0.0908 e. The summed E-state index contributed by atoms with van der Waals surface area (Å²) in [5.41, 5.74) is 4.60. The fourth-order valence-electron chi connectivity index (χ4n) is 5.53. The van der Waals surface area contributed by atoms with Crippen LogP contribution >= 0.6 is 0 Å². The highest BCUT2D eigenvalue weighted by Crippen LogP contribution is 2.43. The van der Waals surface area contributed by atoms with Gasteiger partial charge in [-0.3, -0.25) is 0 Å². The molecular weight excluding hydrogens is 350 g/mol. The standard InChI is InChI=1S/C28H39N/c1-3-4-5-7-23-11-15-27(16-12-23)28-19-17-26(18-20-28)22(2)25-13-9-24(10-14-25)8-6-21-29/h6,8,11-12,15-16,24-26,28H,2-5,7,9-10,13-14,17-20H2,1H3/b8-6+. The number of rotatable bonds is 8. The van der Waals surface area contributed by atoms with E-state index in [2.05, 4.69) is 49.9 Å². The highest BCUT2D eigenvalue weighted by Gasteiger charge is 2.29. The number of nitrogens with zero attached hydrogens (tertiary/aromatic N) is 1. The van der Waals surface area contributed by atoms with Gasteiger partial charge in [0.05, 0.1) is 6.07 Å². The molecule has 0 radical (unpaired) electrons. The van der Waals surface area contributed by atoms with Crippen molar-refractivity contribution < 1.29 is 0 Å². The molecule has 0 unspecified atom stereocenters. The van der Waals surface area contributed by atoms with E-state index in [9.17, 15) is 0 Å². The molecule has 0 heterocycles. The normalized spacial score (nSPS) is 27.6. The van der Waals surface area contributed by atoms with E-state index >= 15 is 0 Å². The summed E-state index contributed by atoms with van der Waals surface area (Å²) in [6, 6.07) is 11.7. The van der Waals surface area contributed by atoms with Gasteiger partial charge in [-0.15, -0.1) is 0 Å². The number of aryl methyl sites for hydroxylation is 1. The van der Waals surface area contributed by atoms with Crippen LogP contribution in [0.25, 0.3) is 0 Å². The number of nitriles is 1.